The van der Waals surface area contributed by atoms with Crippen LogP contribution in [0.5, 0.6) is 0 Å². The highest BCUT2D eigenvalue weighted by molar-refractivity contribution is 5.75. The van der Waals surface area contributed by atoms with Gasteiger partial charge in [-0.3, -0.25) is 0 Å². The maximum absolute atomic E-state index is 12.8. The minimum Gasteiger partial charge on any atom is -0.457 e. The Bertz CT molecular complexity index is 1140. The molecule has 4 aliphatic carbocycles. The predicted octanol–water partition coefficient (Wildman–Crippen LogP) is 1.03. The molecular weight excluding hydrogens is 584 g/mol. The van der Waals surface area contributed by atoms with Crippen molar-refractivity contribution in [1.82, 2.24) is 0 Å². The smallest absolute Gasteiger partial charge is 0.338 e. The summed E-state index contributed by atoms with van der Waals surface area (Å²) in [5.74, 6) is 1.04. The van der Waals surface area contributed by atoms with Gasteiger partial charge in [0, 0.05) is 18.8 Å². The molecular formula is C34H54O11. The first kappa shape index (κ1) is 33.7. The van der Waals surface area contributed by atoms with Crippen molar-refractivity contribution in [2.75, 3.05) is 13.2 Å². The van der Waals surface area contributed by atoms with Crippen molar-refractivity contribution >= 4 is 5.97 Å². The maximum atomic E-state index is 12.8. The number of rotatable bonds is 7. The van der Waals surface area contributed by atoms with E-state index in [1.165, 1.54) is 0 Å². The van der Waals surface area contributed by atoms with Crippen LogP contribution in [0.1, 0.15) is 79.1 Å². The van der Waals surface area contributed by atoms with Gasteiger partial charge in [-0.1, -0.05) is 39.3 Å². The first-order chi connectivity index (χ1) is 21.2. The Morgan fingerprint density at radius 3 is 2.44 bits per heavy atom. The lowest BCUT2D eigenvalue weighted by atomic mass is 9.46. The Morgan fingerprint density at radius 1 is 1.04 bits per heavy atom. The van der Waals surface area contributed by atoms with Crippen LogP contribution in [-0.2, 0) is 19.0 Å². The summed E-state index contributed by atoms with van der Waals surface area (Å²) in [5, 5.41) is 70.3. The third-order valence-electron chi connectivity index (χ3n) is 13.5. The summed E-state index contributed by atoms with van der Waals surface area (Å²) in [7, 11) is 0. The molecule has 0 bridgehead atoms. The highest BCUT2D eigenvalue weighted by Gasteiger charge is 2.69. The molecule has 3 saturated carbocycles. The van der Waals surface area contributed by atoms with Crippen LogP contribution in [0.3, 0.4) is 0 Å². The fraction of sp³-hybridized carbons (Fsp3) is 0.912. The first-order valence-electron chi connectivity index (χ1n) is 17.1. The molecule has 0 aromatic rings. The Hall–Kier alpha value is -1.15. The van der Waals surface area contributed by atoms with Crippen molar-refractivity contribution < 1.29 is 54.8 Å². The Morgan fingerprint density at radius 2 is 1.78 bits per heavy atom. The molecule has 6 rings (SSSR count). The molecule has 17 atom stereocenters. The number of hydrogen-bond donors (Lipinski definition) is 7. The van der Waals surface area contributed by atoms with Crippen molar-refractivity contribution in [2.24, 2.45) is 46.3 Å². The Balaban J connectivity index is 1.13. The van der Waals surface area contributed by atoms with E-state index >= 15 is 0 Å². The number of aliphatic hydroxyl groups excluding tert-OH is 7. The van der Waals surface area contributed by atoms with Crippen LogP contribution in [0.25, 0.3) is 0 Å². The first-order valence-corrected chi connectivity index (χ1v) is 17.1. The van der Waals surface area contributed by atoms with Gasteiger partial charge < -0.3 is 50.0 Å². The fourth-order valence-electron chi connectivity index (χ4n) is 10.9. The molecule has 2 saturated heterocycles. The third kappa shape index (κ3) is 5.33. The Labute approximate surface area is 265 Å². The van der Waals surface area contributed by atoms with E-state index in [4.69, 9.17) is 19.3 Å². The number of hydrogen-bond acceptors (Lipinski definition) is 11. The summed E-state index contributed by atoms with van der Waals surface area (Å²) < 4.78 is 18.8. The highest BCUT2D eigenvalue weighted by Crippen LogP contribution is 2.70. The van der Waals surface area contributed by atoms with E-state index in [0.717, 1.165) is 50.7 Å². The normalized spacial score (nSPS) is 49.0. The lowest BCUT2D eigenvalue weighted by Gasteiger charge is -2.59. The van der Waals surface area contributed by atoms with Gasteiger partial charge in [-0.15, -0.1) is 0 Å². The molecule has 256 valence electrons. The lowest BCUT2D eigenvalue weighted by Crippen LogP contribution is -2.55. The number of fused-ring (bicyclic) bond motifs is 7. The van der Waals surface area contributed by atoms with Gasteiger partial charge in [0.25, 0.3) is 0 Å². The van der Waals surface area contributed by atoms with Crippen LogP contribution in [0.15, 0.2) is 11.6 Å². The zero-order valence-electron chi connectivity index (χ0n) is 27.0. The second-order valence-corrected chi connectivity index (χ2v) is 15.9. The summed E-state index contributed by atoms with van der Waals surface area (Å²) in [6.45, 7) is 9.17. The second-order valence-electron chi connectivity index (χ2n) is 15.9. The average molecular weight is 639 g/mol. The van der Waals surface area contributed by atoms with Crippen molar-refractivity contribution in [2.45, 2.75) is 134 Å². The lowest BCUT2D eigenvalue weighted by molar-refractivity contribution is -0.272. The van der Waals surface area contributed by atoms with E-state index in [0.29, 0.717) is 48.3 Å². The number of aliphatic hydroxyl groups is 7. The van der Waals surface area contributed by atoms with Gasteiger partial charge in [0.05, 0.1) is 25.4 Å². The predicted molar refractivity (Wildman–Crippen MR) is 160 cm³/mol. The number of carbonyl (C=O) groups excluding carboxylic acids is 1. The van der Waals surface area contributed by atoms with Crippen molar-refractivity contribution in [3.8, 4) is 0 Å². The van der Waals surface area contributed by atoms with Crippen molar-refractivity contribution in [3.63, 3.8) is 0 Å². The molecule has 0 unspecified atom stereocenters. The Kier molecular flexibility index (Phi) is 9.05. The van der Waals surface area contributed by atoms with Gasteiger partial charge in [0.15, 0.2) is 11.9 Å². The van der Waals surface area contributed by atoms with Gasteiger partial charge in [-0.25, -0.2) is 4.79 Å². The molecule has 7 N–H and O–H groups in total. The second kappa shape index (κ2) is 12.1. The van der Waals surface area contributed by atoms with Gasteiger partial charge in [-0.05, 0) is 78.9 Å². The molecule has 2 heterocycles. The largest absolute Gasteiger partial charge is 0.457 e. The topological polar surface area (TPSA) is 186 Å². The maximum Gasteiger partial charge on any atom is 0.338 e. The minimum atomic E-state index is -2.23. The van der Waals surface area contributed by atoms with E-state index in [2.05, 4.69) is 33.8 Å². The van der Waals surface area contributed by atoms with Gasteiger partial charge in [0.2, 0.25) is 0 Å². The molecule has 0 amide bonds. The van der Waals surface area contributed by atoms with E-state index < -0.39 is 61.1 Å². The molecule has 0 radical (unpaired) electrons. The van der Waals surface area contributed by atoms with E-state index in [-0.39, 0.29) is 16.9 Å². The molecule has 0 aromatic heterocycles. The van der Waals surface area contributed by atoms with Crippen LogP contribution >= 0.6 is 0 Å². The van der Waals surface area contributed by atoms with Crippen LogP contribution in [0.2, 0.25) is 0 Å². The molecule has 5 fully saturated rings. The molecule has 45 heavy (non-hydrogen) atoms. The SMILES string of the molecule is C[C@@H]1CC[C@@]2(OC1)O[C@H]1C[C@H]3[C@@H]4CC=C5C[C@@H](OC(=O)[C@@H](O)[C@@H](O)[C@H](O)[C@H](O)[C@@H](O)CO)[C@H](O)C[C@]5(C)[C@H]4CC[C@]3(C)[C@H]1[C@@H]2C. The van der Waals surface area contributed by atoms with Crippen LogP contribution in [0.4, 0.5) is 0 Å². The van der Waals surface area contributed by atoms with Crippen LogP contribution in [-0.4, -0.2) is 110 Å². The van der Waals surface area contributed by atoms with Crippen molar-refractivity contribution in [3.05, 3.63) is 11.6 Å². The number of carbonyl (C=O) groups is 1. The van der Waals surface area contributed by atoms with Gasteiger partial charge in [0.1, 0.15) is 30.5 Å². The quantitative estimate of drug-likeness (QED) is 0.156. The summed E-state index contributed by atoms with van der Waals surface area (Å²) >= 11 is 0. The summed E-state index contributed by atoms with van der Waals surface area (Å²) in [6, 6.07) is 0. The third-order valence-corrected chi connectivity index (χ3v) is 13.5. The molecule has 11 heteroatoms. The van der Waals surface area contributed by atoms with Gasteiger partial charge in [-0.2, -0.15) is 0 Å². The number of allylic oxidation sites excluding steroid dienone is 1. The molecule has 11 nitrogen and oxygen atoms in total. The fourth-order valence-corrected chi connectivity index (χ4v) is 10.9. The summed E-state index contributed by atoms with van der Waals surface area (Å²) in [6.07, 6.45) is -2.84. The molecule has 2 aliphatic heterocycles. The molecule has 1 spiro atoms. The summed E-state index contributed by atoms with van der Waals surface area (Å²) in [5.41, 5.74) is 1.04. The molecule has 6 aliphatic rings. The number of ether oxygens (including phenoxy) is 3. The zero-order valence-corrected chi connectivity index (χ0v) is 27.0. The zero-order chi connectivity index (χ0) is 32.6. The standard InChI is InChI=1S/C34H54O11/c1-16-7-10-34(43-15-16)17(2)26-25(45-34)12-21-19-6-5-18-11-24(22(36)13-33(18,4)20(19)8-9-32(21,26)3)44-31(42)30(41)29(40)28(39)27(38)23(37)14-35/h5,16-17,19-30,35-41H,6-15H2,1-4H3/t16-,17+,19-,20+,21+,22-,23+,24-,25+,26+,27-,28-,29+,30+,32+,33+,34-/m1/s1. The average Bonchev–Trinajstić information content (AvgIpc) is 3.46. The van der Waals surface area contributed by atoms with Gasteiger partial charge >= 0.3 is 5.97 Å². The van der Waals surface area contributed by atoms with Crippen molar-refractivity contribution in [1.29, 1.82) is 0 Å². The van der Waals surface area contributed by atoms with E-state index in [9.17, 15) is 35.4 Å². The minimum absolute atomic E-state index is 0.163. The monoisotopic (exact) mass is 638 g/mol. The molecule has 0 aromatic carbocycles. The van der Waals surface area contributed by atoms with Crippen LogP contribution in [0, 0.1) is 46.3 Å². The van der Waals surface area contributed by atoms with Crippen LogP contribution < -0.4 is 0 Å². The van der Waals surface area contributed by atoms with E-state index in [1.54, 1.807) is 0 Å². The van der Waals surface area contributed by atoms with E-state index in [1.807, 2.05) is 0 Å². The summed E-state index contributed by atoms with van der Waals surface area (Å²) in [4.78, 5) is 12.8. The highest BCUT2D eigenvalue weighted by atomic mass is 16.7. The number of esters is 1.